The van der Waals surface area contributed by atoms with Crippen LogP contribution in [0.3, 0.4) is 0 Å². The number of methoxy groups -OCH3 is 1. The van der Waals surface area contributed by atoms with Crippen molar-refractivity contribution in [3.8, 4) is 5.75 Å². The number of phenols is 1. The van der Waals surface area contributed by atoms with E-state index in [4.69, 9.17) is 10.5 Å². The van der Waals surface area contributed by atoms with Crippen LogP contribution in [-0.2, 0) is 36.7 Å². The first kappa shape index (κ1) is 33.1. The number of benzene rings is 1. The van der Waals surface area contributed by atoms with Crippen LogP contribution in [0.15, 0.2) is 36.8 Å². The molecule has 2 atom stereocenters. The van der Waals surface area contributed by atoms with Gasteiger partial charge in [-0.1, -0.05) is 12.1 Å². The molecule has 1 heterocycles. The molecule has 1 aliphatic rings. The number of alkyl carbamates (subject to hydrolysis) is 1. The van der Waals surface area contributed by atoms with Crippen LogP contribution < -0.4 is 16.4 Å². The lowest BCUT2D eigenvalue weighted by Crippen LogP contribution is -2.47. The molecule has 2 amide bonds. The molecule has 3 rings (SSSR count). The lowest BCUT2D eigenvalue weighted by Gasteiger charge is -2.30. The minimum atomic E-state index is -1.10. The molecule has 0 spiro atoms. The fourth-order valence-corrected chi connectivity index (χ4v) is 4.19. The van der Waals surface area contributed by atoms with Crippen molar-refractivity contribution in [1.29, 1.82) is 0 Å². The first-order valence-electron chi connectivity index (χ1n) is 13.4. The van der Waals surface area contributed by atoms with Gasteiger partial charge in [-0.25, -0.2) is 14.6 Å². The number of carboxylic acid groups (broad SMARTS) is 1. The molecule has 1 aliphatic carbocycles. The lowest BCUT2D eigenvalue weighted by atomic mass is 9.85. The normalized spacial score (nSPS) is 18.1. The monoisotopic (exact) mass is 575 g/mol. The number of aliphatic carboxylic acids is 1. The number of esters is 1. The van der Waals surface area contributed by atoms with E-state index in [2.05, 4.69) is 25.3 Å². The highest BCUT2D eigenvalue weighted by Gasteiger charge is 2.30. The molecule has 2 aromatic rings. The van der Waals surface area contributed by atoms with Crippen molar-refractivity contribution in [2.75, 3.05) is 7.11 Å². The van der Waals surface area contributed by atoms with Gasteiger partial charge in [0.25, 0.3) is 0 Å². The molecule has 41 heavy (non-hydrogen) atoms. The van der Waals surface area contributed by atoms with Crippen LogP contribution in [0, 0.1) is 5.92 Å². The van der Waals surface area contributed by atoms with Gasteiger partial charge in [-0.05, 0) is 64.2 Å². The van der Waals surface area contributed by atoms with Crippen LogP contribution in [0.25, 0.3) is 0 Å². The summed E-state index contributed by atoms with van der Waals surface area (Å²) in [5, 5.41) is 24.2. The summed E-state index contributed by atoms with van der Waals surface area (Å²) >= 11 is 0. The SMILES string of the molecule is CC(C)(C)OC(=O)N[C@H]1CC[C@@H](C(=O)N[C@@H](Cc2ccc(O)cc2)C(=O)O)CC1.COC(=O)[C@@H](N)Cc1c[nH]cn1. The maximum atomic E-state index is 12.5. The van der Waals surface area contributed by atoms with Crippen LogP contribution >= 0.6 is 0 Å². The molecule has 1 saturated carbocycles. The van der Waals surface area contributed by atoms with Crippen molar-refractivity contribution in [3.05, 3.63) is 48.0 Å². The number of hydrogen-bond donors (Lipinski definition) is 6. The number of carboxylic acids is 1. The van der Waals surface area contributed by atoms with Crippen molar-refractivity contribution in [1.82, 2.24) is 20.6 Å². The number of aromatic hydroxyl groups is 1. The van der Waals surface area contributed by atoms with Gasteiger partial charge in [-0.3, -0.25) is 9.59 Å². The van der Waals surface area contributed by atoms with E-state index >= 15 is 0 Å². The number of H-pyrrole nitrogens is 1. The Balaban J connectivity index is 0.000000408. The number of ether oxygens (including phenoxy) is 2. The molecule has 0 bridgehead atoms. The standard InChI is InChI=1S/C21H30N2O6.C7H11N3O2/c1-21(2,3)29-20(28)22-15-8-6-14(7-9-15)18(25)23-17(19(26)27)12-13-4-10-16(24)11-5-13;1-12-7(11)6(8)2-5-3-9-4-10-5/h4-5,10-11,14-15,17,24H,6-9,12H2,1-3H3,(H,22,28)(H,23,25)(H,26,27);3-4,6H,2,8H2,1H3,(H,9,10)/t14-,15+,17-;6-/m00/s1. The van der Waals surface area contributed by atoms with E-state index < -0.39 is 35.7 Å². The second-order valence-electron chi connectivity index (χ2n) is 10.9. The van der Waals surface area contributed by atoms with E-state index in [-0.39, 0.29) is 30.0 Å². The number of nitrogens with zero attached hydrogens (tertiary/aromatic N) is 1. The molecule has 226 valence electrons. The quantitative estimate of drug-likeness (QED) is 0.240. The average Bonchev–Trinajstić information content (AvgIpc) is 3.41. The third-order valence-electron chi connectivity index (χ3n) is 6.30. The number of aromatic nitrogens is 2. The summed E-state index contributed by atoms with van der Waals surface area (Å²) in [5.74, 6) is -1.99. The van der Waals surface area contributed by atoms with Gasteiger partial charge in [0.05, 0.1) is 19.1 Å². The molecule has 1 aromatic carbocycles. The van der Waals surface area contributed by atoms with Crippen LogP contribution in [-0.4, -0.2) is 75.0 Å². The zero-order chi connectivity index (χ0) is 30.6. The second kappa shape index (κ2) is 15.6. The zero-order valence-corrected chi connectivity index (χ0v) is 23.9. The number of hydrogen-bond acceptors (Lipinski definition) is 9. The number of phenolic OH excluding ortho intramolecular Hbond substituents is 1. The Morgan fingerprint density at radius 3 is 2.24 bits per heavy atom. The molecule has 0 saturated heterocycles. The molecule has 1 aromatic heterocycles. The third kappa shape index (κ3) is 12.3. The maximum absolute atomic E-state index is 12.5. The molecular formula is C28H41N5O8. The highest BCUT2D eigenvalue weighted by atomic mass is 16.6. The van der Waals surface area contributed by atoms with E-state index in [1.165, 1.54) is 19.2 Å². The molecule has 0 unspecified atom stereocenters. The molecule has 13 nitrogen and oxygen atoms in total. The Hall–Kier alpha value is -4.13. The summed E-state index contributed by atoms with van der Waals surface area (Å²) in [6.07, 6.45) is 5.70. The maximum Gasteiger partial charge on any atom is 0.407 e. The summed E-state index contributed by atoms with van der Waals surface area (Å²) in [6, 6.07) is 4.50. The molecule has 0 aliphatic heterocycles. The highest BCUT2D eigenvalue weighted by molar-refractivity contribution is 5.85. The van der Waals surface area contributed by atoms with Crippen molar-refractivity contribution in [2.45, 2.75) is 83.0 Å². The zero-order valence-electron chi connectivity index (χ0n) is 23.9. The smallest absolute Gasteiger partial charge is 0.407 e. The number of nitrogens with two attached hydrogens (primary N) is 1. The first-order valence-corrected chi connectivity index (χ1v) is 13.4. The summed E-state index contributed by atoms with van der Waals surface area (Å²) in [5.41, 5.74) is 6.39. The fourth-order valence-electron chi connectivity index (χ4n) is 4.19. The Morgan fingerprint density at radius 1 is 1.10 bits per heavy atom. The highest BCUT2D eigenvalue weighted by Crippen LogP contribution is 2.25. The number of aromatic amines is 1. The van der Waals surface area contributed by atoms with Gasteiger partial charge in [0.2, 0.25) is 5.91 Å². The number of amides is 2. The molecule has 7 N–H and O–H groups in total. The third-order valence-corrected chi connectivity index (χ3v) is 6.30. The Labute approximate surface area is 239 Å². The summed E-state index contributed by atoms with van der Waals surface area (Å²) in [6.45, 7) is 5.39. The largest absolute Gasteiger partial charge is 0.508 e. The van der Waals surface area contributed by atoms with Gasteiger partial charge in [-0.15, -0.1) is 0 Å². The van der Waals surface area contributed by atoms with Crippen LogP contribution in [0.5, 0.6) is 5.75 Å². The minimum absolute atomic E-state index is 0.0545. The van der Waals surface area contributed by atoms with E-state index in [1.807, 2.05) is 0 Å². The van der Waals surface area contributed by atoms with Gasteiger partial charge < -0.3 is 41.0 Å². The van der Waals surface area contributed by atoms with E-state index in [9.17, 15) is 29.4 Å². The Bertz CT molecular complexity index is 1120. The molecule has 13 heteroatoms. The van der Waals surface area contributed by atoms with Gasteiger partial charge >= 0.3 is 18.0 Å². The van der Waals surface area contributed by atoms with Gasteiger partial charge in [0.15, 0.2) is 0 Å². The summed E-state index contributed by atoms with van der Waals surface area (Å²) < 4.78 is 9.71. The Morgan fingerprint density at radius 2 is 1.73 bits per heavy atom. The van der Waals surface area contributed by atoms with Crippen molar-refractivity contribution in [2.24, 2.45) is 11.7 Å². The number of nitrogens with one attached hydrogen (secondary N) is 3. The van der Waals surface area contributed by atoms with Crippen molar-refractivity contribution < 1.29 is 38.9 Å². The predicted octanol–water partition coefficient (Wildman–Crippen LogP) is 2.04. The minimum Gasteiger partial charge on any atom is -0.508 e. The Kier molecular flexibility index (Phi) is 12.6. The number of imidazole rings is 1. The van der Waals surface area contributed by atoms with E-state index in [0.29, 0.717) is 37.7 Å². The molecule has 1 fully saturated rings. The predicted molar refractivity (Wildman–Crippen MR) is 149 cm³/mol. The van der Waals surface area contributed by atoms with Crippen LogP contribution in [0.2, 0.25) is 0 Å². The summed E-state index contributed by atoms with van der Waals surface area (Å²) in [7, 11) is 1.31. The number of carbonyl (C=O) groups is 4. The molecule has 0 radical (unpaired) electrons. The van der Waals surface area contributed by atoms with E-state index in [0.717, 1.165) is 5.69 Å². The number of carbonyl (C=O) groups excluding carboxylic acids is 3. The van der Waals surface area contributed by atoms with Crippen LogP contribution in [0.1, 0.15) is 57.7 Å². The number of rotatable bonds is 9. The van der Waals surface area contributed by atoms with Gasteiger partial charge in [-0.2, -0.15) is 0 Å². The van der Waals surface area contributed by atoms with Gasteiger partial charge in [0, 0.05) is 31.0 Å². The lowest BCUT2D eigenvalue weighted by molar-refractivity contribution is -0.142. The van der Waals surface area contributed by atoms with Crippen molar-refractivity contribution in [3.63, 3.8) is 0 Å². The van der Waals surface area contributed by atoms with E-state index in [1.54, 1.807) is 45.4 Å². The molecular weight excluding hydrogens is 534 g/mol. The topological polar surface area (TPSA) is 206 Å². The van der Waals surface area contributed by atoms with Crippen molar-refractivity contribution >= 4 is 23.9 Å². The first-order chi connectivity index (χ1) is 19.3. The second-order valence-corrected chi connectivity index (χ2v) is 10.9. The van der Waals surface area contributed by atoms with Gasteiger partial charge in [0.1, 0.15) is 23.4 Å². The average molecular weight is 576 g/mol. The van der Waals surface area contributed by atoms with Crippen LogP contribution in [0.4, 0.5) is 4.79 Å². The fraction of sp³-hybridized carbons (Fsp3) is 0.536. The summed E-state index contributed by atoms with van der Waals surface area (Å²) in [4.78, 5) is 53.5.